The maximum Gasteiger partial charge on any atom is 0.174 e. The minimum Gasteiger partial charge on any atom is -0.486 e. The summed E-state index contributed by atoms with van der Waals surface area (Å²) in [5.41, 5.74) is 11.0. The van der Waals surface area contributed by atoms with Crippen LogP contribution in [0.2, 0.25) is 0 Å². The number of likely N-dealkylation sites (N-methyl/N-ethyl adjacent to an activating group) is 1. The first-order valence-corrected chi connectivity index (χ1v) is 14.3. The number of thioether (sulfide) groups is 1. The molecule has 3 aromatic rings. The number of amidine groups is 1. The van der Waals surface area contributed by atoms with E-state index >= 15 is 0 Å². The van der Waals surface area contributed by atoms with Crippen molar-refractivity contribution in [3.8, 4) is 11.5 Å². The molecule has 4 heterocycles. The van der Waals surface area contributed by atoms with Gasteiger partial charge >= 0.3 is 0 Å². The Labute approximate surface area is 234 Å². The van der Waals surface area contributed by atoms with Crippen LogP contribution in [0.25, 0.3) is 11.8 Å². The number of aryl methyl sites for hydroxylation is 2. The van der Waals surface area contributed by atoms with E-state index in [1.165, 1.54) is 33.4 Å². The molecule has 1 atom stereocenters. The number of hydrogen-bond acceptors (Lipinski definition) is 6. The fourth-order valence-corrected chi connectivity index (χ4v) is 6.67. The third kappa shape index (κ3) is 4.48. The van der Waals surface area contributed by atoms with Crippen molar-refractivity contribution in [3.05, 3.63) is 117 Å². The highest BCUT2D eigenvalue weighted by Gasteiger charge is 2.41. The van der Waals surface area contributed by atoms with Gasteiger partial charge in [0.25, 0.3) is 0 Å². The van der Waals surface area contributed by atoms with Gasteiger partial charge in [-0.05, 0) is 67.4 Å². The van der Waals surface area contributed by atoms with Gasteiger partial charge < -0.3 is 14.4 Å². The molecule has 4 aliphatic rings. The summed E-state index contributed by atoms with van der Waals surface area (Å²) in [4.78, 5) is 10.2. The van der Waals surface area contributed by atoms with Crippen molar-refractivity contribution in [3.63, 3.8) is 0 Å². The number of hydrogen-bond donors (Lipinski definition) is 0. The summed E-state index contributed by atoms with van der Waals surface area (Å²) in [6, 6.07) is 24.0. The van der Waals surface area contributed by atoms with Crippen molar-refractivity contribution in [2.24, 2.45) is 4.99 Å². The van der Waals surface area contributed by atoms with Crippen LogP contribution in [0.5, 0.6) is 11.5 Å². The molecule has 4 aliphatic heterocycles. The third-order valence-electron chi connectivity index (χ3n) is 7.68. The fraction of sp³-hybridized carbons (Fsp3) is 0.242. The molecule has 39 heavy (non-hydrogen) atoms. The van der Waals surface area contributed by atoms with Crippen LogP contribution in [-0.2, 0) is 0 Å². The van der Waals surface area contributed by atoms with Crippen LogP contribution in [0.1, 0.15) is 33.9 Å². The Morgan fingerprint density at radius 2 is 1.59 bits per heavy atom. The topological polar surface area (TPSA) is 37.3 Å². The molecule has 196 valence electrons. The summed E-state index contributed by atoms with van der Waals surface area (Å²) in [6.07, 6.45) is 2.31. The Hall–Kier alpha value is -3.74. The van der Waals surface area contributed by atoms with Crippen LogP contribution in [0.15, 0.2) is 94.0 Å². The number of aliphatic imine (C=N–C) groups is 1. The molecule has 5 nitrogen and oxygen atoms in total. The second-order valence-corrected chi connectivity index (χ2v) is 11.5. The van der Waals surface area contributed by atoms with Crippen LogP contribution in [0.4, 0.5) is 0 Å². The first-order valence-electron chi connectivity index (χ1n) is 13.4. The van der Waals surface area contributed by atoms with Gasteiger partial charge in [-0.1, -0.05) is 71.4 Å². The van der Waals surface area contributed by atoms with Gasteiger partial charge in [0.15, 0.2) is 16.7 Å². The lowest BCUT2D eigenvalue weighted by Gasteiger charge is -2.42. The van der Waals surface area contributed by atoms with Gasteiger partial charge in [0, 0.05) is 24.1 Å². The van der Waals surface area contributed by atoms with E-state index < -0.39 is 0 Å². The molecule has 0 N–H and O–H groups in total. The molecule has 0 amide bonds. The molecule has 1 unspecified atom stereocenters. The van der Waals surface area contributed by atoms with Crippen LogP contribution in [-0.4, -0.2) is 48.3 Å². The van der Waals surface area contributed by atoms with Crippen LogP contribution >= 0.6 is 11.8 Å². The van der Waals surface area contributed by atoms with Crippen LogP contribution < -0.4 is 9.47 Å². The molecule has 3 aromatic carbocycles. The maximum absolute atomic E-state index is 5.93. The molecule has 0 saturated carbocycles. The highest BCUT2D eigenvalue weighted by molar-refractivity contribution is 8.16. The molecule has 7 rings (SSSR count). The van der Waals surface area contributed by atoms with Crippen molar-refractivity contribution in [1.29, 1.82) is 0 Å². The number of benzene rings is 3. The molecule has 6 heteroatoms. The van der Waals surface area contributed by atoms with Crippen LogP contribution in [0.3, 0.4) is 0 Å². The molecule has 0 bridgehead atoms. The Bertz CT molecular complexity index is 1570. The first-order chi connectivity index (χ1) is 19.0. The third-order valence-corrected chi connectivity index (χ3v) is 8.52. The summed E-state index contributed by atoms with van der Waals surface area (Å²) in [5.74, 6) is 1.61. The SMILES string of the molecule is Cc1ccc(C=C2CN(C)CC3=C2N=C2SC=C(c4ccc5c(c4)OCCO5)N2C3c2ccc(C)cc2)cc1. The number of nitrogens with zero attached hydrogens (tertiary/aromatic N) is 3. The Morgan fingerprint density at radius 3 is 2.36 bits per heavy atom. The summed E-state index contributed by atoms with van der Waals surface area (Å²) in [7, 11) is 2.20. The Morgan fingerprint density at radius 1 is 0.872 bits per heavy atom. The number of rotatable bonds is 3. The van der Waals surface area contributed by atoms with Gasteiger partial charge in [-0.3, -0.25) is 4.90 Å². The van der Waals surface area contributed by atoms with E-state index in [9.17, 15) is 0 Å². The van der Waals surface area contributed by atoms with Gasteiger partial charge in [-0.15, -0.1) is 0 Å². The van der Waals surface area contributed by atoms with E-state index in [1.807, 2.05) is 6.07 Å². The van der Waals surface area contributed by atoms with Crippen LogP contribution in [0, 0.1) is 13.8 Å². The number of ether oxygens (including phenoxy) is 2. The summed E-state index contributed by atoms with van der Waals surface area (Å²) < 4.78 is 11.7. The summed E-state index contributed by atoms with van der Waals surface area (Å²) >= 11 is 1.70. The molecular weight excluding hydrogens is 502 g/mol. The van der Waals surface area contributed by atoms with E-state index in [2.05, 4.69) is 103 Å². The fourth-order valence-electron chi connectivity index (χ4n) is 5.75. The average Bonchev–Trinajstić information content (AvgIpc) is 3.37. The molecule has 0 radical (unpaired) electrons. The molecule has 0 fully saturated rings. The normalized spacial score (nSPS) is 21.5. The largest absolute Gasteiger partial charge is 0.486 e. The van der Waals surface area contributed by atoms with E-state index in [-0.39, 0.29) is 6.04 Å². The first kappa shape index (κ1) is 24.3. The van der Waals surface area contributed by atoms with E-state index in [0.717, 1.165) is 46.7 Å². The van der Waals surface area contributed by atoms with Gasteiger partial charge in [0.05, 0.1) is 17.4 Å². The molecule has 0 spiro atoms. The zero-order valence-corrected chi connectivity index (χ0v) is 23.3. The van der Waals surface area contributed by atoms with E-state index in [0.29, 0.717) is 13.2 Å². The van der Waals surface area contributed by atoms with Crippen molar-refractivity contribution in [2.45, 2.75) is 19.9 Å². The molecule has 0 aliphatic carbocycles. The molecule has 0 saturated heterocycles. The summed E-state index contributed by atoms with van der Waals surface area (Å²) in [6.45, 7) is 7.18. The molecular formula is C33H31N3O2S. The minimum absolute atomic E-state index is 0.0479. The second-order valence-electron chi connectivity index (χ2n) is 10.7. The lowest BCUT2D eigenvalue weighted by Crippen LogP contribution is -2.40. The predicted octanol–water partition coefficient (Wildman–Crippen LogP) is 6.82. The predicted molar refractivity (Wildman–Crippen MR) is 160 cm³/mol. The van der Waals surface area contributed by atoms with Gasteiger partial charge in [0.1, 0.15) is 13.2 Å². The smallest absolute Gasteiger partial charge is 0.174 e. The lowest BCUT2D eigenvalue weighted by atomic mass is 9.87. The highest BCUT2D eigenvalue weighted by Crippen LogP contribution is 2.49. The average molecular weight is 534 g/mol. The standard InChI is InChI=1S/C33H31N3O2S/c1-21-4-8-23(9-5-21)16-26-18-35(3)19-27-31(26)34-33-36(32(27)24-10-6-22(2)7-11-24)28(20-39-33)25-12-13-29-30(17-25)38-15-14-37-29/h4-13,16-17,20,32H,14-15,18-19H2,1-3H3. The minimum atomic E-state index is 0.0479. The monoisotopic (exact) mass is 533 g/mol. The zero-order valence-electron chi connectivity index (χ0n) is 22.5. The van der Waals surface area contributed by atoms with Crippen molar-refractivity contribution in [1.82, 2.24) is 9.80 Å². The van der Waals surface area contributed by atoms with Crippen molar-refractivity contribution < 1.29 is 9.47 Å². The number of fused-ring (bicyclic) bond motifs is 2. The molecule has 0 aromatic heterocycles. The maximum atomic E-state index is 5.93. The van der Waals surface area contributed by atoms with Crippen molar-refractivity contribution in [2.75, 3.05) is 33.4 Å². The van der Waals surface area contributed by atoms with Gasteiger partial charge in [0.2, 0.25) is 0 Å². The highest BCUT2D eigenvalue weighted by atomic mass is 32.2. The quantitative estimate of drug-likeness (QED) is 0.370. The summed E-state index contributed by atoms with van der Waals surface area (Å²) in [5, 5.41) is 3.25. The van der Waals surface area contributed by atoms with E-state index in [1.54, 1.807) is 11.8 Å². The Balaban J connectivity index is 1.36. The van der Waals surface area contributed by atoms with Gasteiger partial charge in [-0.25, -0.2) is 4.99 Å². The van der Waals surface area contributed by atoms with Crippen molar-refractivity contribution >= 4 is 28.7 Å². The second kappa shape index (κ2) is 9.78. The zero-order chi connectivity index (χ0) is 26.5. The Kier molecular flexibility index (Phi) is 6.09. The van der Waals surface area contributed by atoms with Gasteiger partial charge in [-0.2, -0.15) is 0 Å². The lowest BCUT2D eigenvalue weighted by molar-refractivity contribution is 0.171. The van der Waals surface area contributed by atoms with E-state index in [4.69, 9.17) is 14.5 Å².